The van der Waals surface area contributed by atoms with Crippen molar-refractivity contribution in [2.45, 2.75) is 248 Å². The zero-order valence-electron chi connectivity index (χ0n) is 66.0. The van der Waals surface area contributed by atoms with Crippen molar-refractivity contribution in [3.63, 3.8) is 0 Å². The van der Waals surface area contributed by atoms with Crippen molar-refractivity contribution < 1.29 is 60.9 Å². The van der Waals surface area contributed by atoms with Gasteiger partial charge in [0.05, 0.1) is 93.5 Å². The van der Waals surface area contributed by atoms with Crippen molar-refractivity contribution in [2.24, 2.45) is 23.5 Å². The third kappa shape index (κ3) is 40.5. The number of aromatic nitrogens is 6. The molecule has 9 heterocycles. The van der Waals surface area contributed by atoms with Gasteiger partial charge in [-0.15, -0.1) is 35.3 Å². The summed E-state index contributed by atoms with van der Waals surface area (Å²) in [5, 5.41) is 15.0. The first-order valence-electron chi connectivity index (χ1n) is 37.2. The summed E-state index contributed by atoms with van der Waals surface area (Å²) in [6, 6.07) is 0. The summed E-state index contributed by atoms with van der Waals surface area (Å²) < 4.78 is 47.3. The van der Waals surface area contributed by atoms with Gasteiger partial charge < -0.3 is 73.7 Å². The first-order chi connectivity index (χ1) is 51.1. The molecule has 3 fully saturated rings. The molecule has 111 heavy (non-hydrogen) atoms. The van der Waals surface area contributed by atoms with Gasteiger partial charge in [-0.3, -0.25) is 24.0 Å². The van der Waals surface area contributed by atoms with E-state index in [1.54, 1.807) is 72.5 Å². The number of amides is 3. The van der Waals surface area contributed by atoms with Gasteiger partial charge in [-0.25, -0.2) is 29.9 Å². The largest absolute Gasteiger partial charge is 0.460 e. The number of halogens is 1. The molecular weight excluding hydrogens is 1600 g/mol. The molecule has 3 aliphatic rings. The molecule has 6 N–H and O–H groups in total. The number of nitrogens with two attached hydrogens (primary N) is 1. The zero-order valence-corrected chi connectivity index (χ0v) is 72.5. The van der Waals surface area contributed by atoms with Gasteiger partial charge in [0.1, 0.15) is 28.5 Å². The van der Waals surface area contributed by atoms with Crippen LogP contribution in [-0.4, -0.2) is 184 Å². The summed E-state index contributed by atoms with van der Waals surface area (Å²) in [5.41, 5.74) is 4.45. The first kappa shape index (κ1) is 100. The standard InChI is InChI=1S/C27H42N4O5S2.C21H33N5O3S2.C17H24N4O2S2.C10H19BrO3.3CH4/c1-26(2,3)20-16-28-21(35-20)18-37-23-17-29-25(38-23)30-24(33)19-9-11-31(12-10-19)13-15-34-14-7-8-22(32)36-27(4,5)6;1-21(2,3)16-12-23-17(29-16)14-30-18-13-24-20(31-18)25-19(27)15-4-7-26(8-5-15)9-11-28-10-6-22;1-17(2,3)12-8-19-13(23-12)10-24-14-9-20-16(25-14)21-15(22)11-4-6-18-7-5-11;1-10(2,3)14-9(12)5-4-7-13-8-6-11;;;/h16-17,19H,7-15,18H2,1-6H3,(H,29,30,33);12-13,15H,4-11,14,22H2,1-3H3,(H,24,25,27);8-9,11,18H,4-7,10H2,1-3H3,(H,20,21,22);4-8H2,1-3H3;3*1H4. The number of thioether (sulfide) groups is 3. The highest BCUT2D eigenvalue weighted by Crippen LogP contribution is 2.36. The minimum atomic E-state index is -0.446. The molecule has 0 radical (unpaired) electrons. The van der Waals surface area contributed by atoms with Gasteiger partial charge in [0.25, 0.3) is 0 Å². The van der Waals surface area contributed by atoms with E-state index in [-0.39, 0.29) is 91.5 Å². The van der Waals surface area contributed by atoms with Gasteiger partial charge in [0.15, 0.2) is 15.4 Å². The molecule has 3 saturated heterocycles. The number of likely N-dealkylation sites (tertiary alicyclic amines) is 2. The topological polar surface area (TPSA) is 329 Å². The van der Waals surface area contributed by atoms with Crippen LogP contribution in [-0.2, 0) is 81.2 Å². The molecule has 0 aliphatic carbocycles. The van der Waals surface area contributed by atoms with Gasteiger partial charge in [-0.05, 0) is 132 Å². The predicted octanol–water partition coefficient (Wildman–Crippen LogP) is 16.9. The Morgan fingerprint density at radius 2 is 0.793 bits per heavy atom. The Morgan fingerprint density at radius 1 is 0.477 bits per heavy atom. The number of hydrogen-bond donors (Lipinski definition) is 5. The lowest BCUT2D eigenvalue weighted by molar-refractivity contribution is -0.156. The average molecular weight is 1730 g/mol. The Hall–Kier alpha value is -4.88. The van der Waals surface area contributed by atoms with Crippen LogP contribution >= 0.6 is 85.2 Å². The Labute approximate surface area is 694 Å². The maximum atomic E-state index is 12.8. The van der Waals surface area contributed by atoms with E-state index in [9.17, 15) is 24.0 Å². The Kier molecular flexibility index (Phi) is 45.7. The third-order valence-corrected chi connectivity index (χ3v) is 23.0. The van der Waals surface area contributed by atoms with Gasteiger partial charge in [0.2, 0.25) is 35.4 Å². The van der Waals surface area contributed by atoms with Crippen LogP contribution in [0.3, 0.4) is 0 Å². The number of carbonyl (C=O) groups is 5. The van der Waals surface area contributed by atoms with E-state index in [1.807, 2.05) is 41.5 Å². The number of nitrogens with zero attached hydrogens (tertiary/aromatic N) is 8. The van der Waals surface area contributed by atoms with E-state index in [0.717, 1.165) is 133 Å². The number of hydrogen-bond acceptors (Lipinski definition) is 29. The number of nitrogens with one attached hydrogen (secondary N) is 4. The molecule has 6 aromatic rings. The lowest BCUT2D eigenvalue weighted by atomic mass is 9.94. The highest BCUT2D eigenvalue weighted by molar-refractivity contribution is 9.09. The molecule has 33 heteroatoms. The van der Waals surface area contributed by atoms with E-state index in [4.69, 9.17) is 42.7 Å². The second kappa shape index (κ2) is 50.6. The van der Waals surface area contributed by atoms with Crippen LogP contribution in [0.25, 0.3) is 0 Å². The second-order valence-electron chi connectivity index (χ2n) is 31.3. The smallest absolute Gasteiger partial charge is 0.306 e. The number of alkyl halides is 1. The van der Waals surface area contributed by atoms with Crippen molar-refractivity contribution in [3.05, 3.63) is 72.1 Å². The monoisotopic (exact) mass is 1730 g/mol. The average Bonchev–Trinajstić information content (AvgIpc) is 1.77. The van der Waals surface area contributed by atoms with Crippen molar-refractivity contribution in [1.82, 2.24) is 45.0 Å². The summed E-state index contributed by atoms with van der Waals surface area (Å²) in [6.07, 6.45) is 18.1. The molecule has 0 atom stereocenters. The van der Waals surface area contributed by atoms with Crippen molar-refractivity contribution in [1.29, 1.82) is 0 Å². The molecular formula is C78H130BrN13O13S6. The van der Waals surface area contributed by atoms with Crippen LogP contribution in [0.5, 0.6) is 0 Å². The molecule has 3 amide bonds. The molecule has 6 aromatic heterocycles. The highest BCUT2D eigenvalue weighted by Gasteiger charge is 2.30. The lowest BCUT2D eigenvalue weighted by Gasteiger charge is -2.30. The molecule has 0 aromatic carbocycles. The maximum Gasteiger partial charge on any atom is 0.306 e. The minimum absolute atomic E-state index is 0. The number of carbonyl (C=O) groups excluding carboxylic acids is 5. The van der Waals surface area contributed by atoms with E-state index >= 15 is 0 Å². The highest BCUT2D eigenvalue weighted by atomic mass is 79.9. The number of piperidine rings is 3. The number of anilines is 3. The van der Waals surface area contributed by atoms with Crippen LogP contribution < -0.4 is 27.0 Å². The van der Waals surface area contributed by atoms with E-state index in [0.29, 0.717) is 116 Å². The number of rotatable bonds is 33. The third-order valence-electron chi connectivity index (χ3n) is 16.4. The molecule has 9 rings (SSSR count). The molecule has 26 nitrogen and oxygen atoms in total. The fourth-order valence-electron chi connectivity index (χ4n) is 10.5. The van der Waals surface area contributed by atoms with Gasteiger partial charge in [-0.2, -0.15) is 0 Å². The number of thiazole rings is 3. The number of esters is 2. The summed E-state index contributed by atoms with van der Waals surface area (Å²) >= 11 is 12.5. The van der Waals surface area contributed by atoms with Crippen LogP contribution in [0.1, 0.15) is 225 Å². The second-order valence-corrected chi connectivity index (χ2v) is 39.1. The van der Waals surface area contributed by atoms with Crippen molar-refractivity contribution in [2.75, 3.05) is 120 Å². The number of ether oxygens (including phenoxy) is 5. The first-order valence-corrected chi connectivity index (χ1v) is 43.8. The summed E-state index contributed by atoms with van der Waals surface area (Å²) in [6.45, 7) is 41.5. The van der Waals surface area contributed by atoms with Crippen LogP contribution in [0.15, 0.2) is 63.1 Å². The fourth-order valence-corrected chi connectivity index (χ4v) is 15.9. The number of oxazole rings is 3. The van der Waals surface area contributed by atoms with E-state index in [1.165, 1.54) is 34.0 Å². The molecule has 628 valence electrons. The molecule has 3 aliphatic heterocycles. The Morgan fingerprint density at radius 3 is 1.09 bits per heavy atom. The fraction of sp³-hybridized carbons (Fsp3) is 0.705. The Balaban J connectivity index is 0.000000398. The van der Waals surface area contributed by atoms with Gasteiger partial charge >= 0.3 is 11.9 Å². The quantitative estimate of drug-likeness (QED) is 0.0111. The van der Waals surface area contributed by atoms with Crippen LogP contribution in [0.4, 0.5) is 15.4 Å². The molecule has 0 spiro atoms. The zero-order chi connectivity index (χ0) is 78.9. The summed E-state index contributed by atoms with van der Waals surface area (Å²) in [7, 11) is 0. The maximum absolute atomic E-state index is 12.8. The lowest BCUT2D eigenvalue weighted by Crippen LogP contribution is -2.39. The molecule has 0 saturated carbocycles. The summed E-state index contributed by atoms with van der Waals surface area (Å²) in [4.78, 5) is 91.3. The van der Waals surface area contributed by atoms with Gasteiger partial charge in [-0.1, -0.05) is 135 Å². The van der Waals surface area contributed by atoms with Crippen molar-refractivity contribution >= 4 is 130 Å². The molecule has 0 unspecified atom stereocenters. The van der Waals surface area contributed by atoms with Crippen LogP contribution in [0, 0.1) is 17.8 Å². The predicted molar refractivity (Wildman–Crippen MR) is 456 cm³/mol. The molecule has 0 bridgehead atoms. The normalized spacial score (nSPS) is 14.9. The Bertz CT molecular complexity index is 3600. The SMILES string of the molecule is C.C.C.CC(C)(C)OC(=O)CCCOCCBr.CC(C)(C)OC(=O)CCCOCCN1CCC(C(=O)Nc2ncc(SCc3ncc(C(C)(C)C)o3)s2)CC1.CC(C)(C)c1cnc(CSc2cnc(NC(=O)C3CCN(CCOCCN)CC3)s2)o1.CC(C)(C)c1cnc(CSc2cnc(NC(=O)C3CCNCC3)s2)o1. The minimum Gasteiger partial charge on any atom is -0.460 e. The summed E-state index contributed by atoms with van der Waals surface area (Å²) in [5.74, 6) is 6.62. The van der Waals surface area contributed by atoms with E-state index < -0.39 is 5.60 Å². The van der Waals surface area contributed by atoms with E-state index in [2.05, 4.69) is 139 Å². The van der Waals surface area contributed by atoms with Crippen LogP contribution in [0.2, 0.25) is 0 Å². The van der Waals surface area contributed by atoms with Crippen molar-refractivity contribution in [3.8, 4) is 0 Å². The van der Waals surface area contributed by atoms with Gasteiger partial charge in [0, 0.05) is 85.0 Å².